The Morgan fingerprint density at radius 3 is 2.15 bits per heavy atom. The number of aromatic nitrogens is 4. The van der Waals surface area contributed by atoms with Crippen molar-refractivity contribution in [1.82, 2.24) is 24.2 Å². The van der Waals surface area contributed by atoms with Crippen LogP contribution in [0.1, 0.15) is 19.7 Å². The second-order valence-electron chi connectivity index (χ2n) is 8.23. The first kappa shape index (κ1) is 21.7. The number of nitrogens with zero attached hydrogens (tertiary/aromatic N) is 6. The molecule has 0 radical (unpaired) electrons. The zero-order valence-electron chi connectivity index (χ0n) is 18.9. The number of hydrogen-bond donors (Lipinski definition) is 0. The van der Waals surface area contributed by atoms with Crippen LogP contribution in [-0.2, 0) is 6.42 Å². The largest absolute Gasteiger partial charge is 0.369 e. The smallest absolute Gasteiger partial charge is 0.269 e. The molecule has 0 unspecified atom stereocenters. The number of aryl methyl sites for hydroxylation is 1. The average molecular weight is 463 g/mol. The summed E-state index contributed by atoms with van der Waals surface area (Å²) in [5.74, 6) is 0.701. The fourth-order valence-electron chi connectivity index (χ4n) is 4.42. The molecule has 0 saturated carbocycles. The maximum Gasteiger partial charge on any atom is 0.269 e. The molecule has 0 aliphatic carbocycles. The van der Waals surface area contributed by atoms with Crippen LogP contribution in [0.25, 0.3) is 22.4 Å². The van der Waals surface area contributed by atoms with Gasteiger partial charge in [-0.3, -0.25) is 9.36 Å². The van der Waals surface area contributed by atoms with Crippen molar-refractivity contribution in [3.63, 3.8) is 0 Å². The molecular weight excluding hydrogens is 436 g/mol. The van der Waals surface area contributed by atoms with E-state index < -0.39 is 0 Å². The number of likely N-dealkylation sites (N-methyl/N-ethyl adjacent to an activating group) is 1. The van der Waals surface area contributed by atoms with Gasteiger partial charge >= 0.3 is 0 Å². The van der Waals surface area contributed by atoms with E-state index in [9.17, 15) is 4.79 Å². The van der Waals surface area contributed by atoms with Crippen molar-refractivity contribution < 1.29 is 0 Å². The van der Waals surface area contributed by atoms with Gasteiger partial charge in [-0.2, -0.15) is 5.10 Å². The summed E-state index contributed by atoms with van der Waals surface area (Å²) in [5.41, 5.74) is 3.27. The van der Waals surface area contributed by atoms with Gasteiger partial charge in [0.25, 0.3) is 5.56 Å². The van der Waals surface area contributed by atoms with E-state index in [1.807, 2.05) is 31.2 Å². The molecule has 7 nitrogen and oxygen atoms in total. The standard InChI is InChI=1S/C25H27ClN6O/c1-3-23-28-24-22(17-27-32(24)21-7-5-18(26)6-8-21)25(33)31(23)20-11-9-19(10-12-20)30-15-13-29(4-2)14-16-30/h5-12,17H,3-4,13-16H2,1-2H3. The first-order valence-electron chi connectivity index (χ1n) is 11.4. The molecule has 5 rings (SSSR count). The van der Waals surface area contributed by atoms with Crippen LogP contribution in [0.4, 0.5) is 5.69 Å². The first-order chi connectivity index (χ1) is 16.1. The minimum absolute atomic E-state index is 0.110. The normalized spacial score (nSPS) is 14.8. The highest BCUT2D eigenvalue weighted by atomic mass is 35.5. The van der Waals surface area contributed by atoms with Crippen molar-refractivity contribution >= 4 is 28.3 Å². The molecule has 0 amide bonds. The summed E-state index contributed by atoms with van der Waals surface area (Å²) in [4.78, 5) is 23.2. The number of piperazine rings is 1. The lowest BCUT2D eigenvalue weighted by Crippen LogP contribution is -2.46. The molecule has 1 fully saturated rings. The zero-order valence-corrected chi connectivity index (χ0v) is 19.7. The monoisotopic (exact) mass is 462 g/mol. The Kier molecular flexibility index (Phi) is 5.91. The van der Waals surface area contributed by atoms with E-state index in [0.29, 0.717) is 28.3 Å². The SMILES string of the molecule is CCc1nc2c(cnn2-c2ccc(Cl)cc2)c(=O)n1-c1ccc(N2CCN(CC)CC2)cc1. The van der Waals surface area contributed by atoms with Crippen LogP contribution in [0.5, 0.6) is 0 Å². The molecule has 3 heterocycles. The lowest BCUT2D eigenvalue weighted by Gasteiger charge is -2.35. The quantitative estimate of drug-likeness (QED) is 0.449. The van der Waals surface area contributed by atoms with Crippen molar-refractivity contribution in [2.24, 2.45) is 0 Å². The van der Waals surface area contributed by atoms with Gasteiger partial charge in [-0.05, 0) is 55.1 Å². The second kappa shape index (κ2) is 9.00. The molecule has 1 saturated heterocycles. The Morgan fingerprint density at radius 1 is 0.879 bits per heavy atom. The second-order valence-corrected chi connectivity index (χ2v) is 8.67. The zero-order chi connectivity index (χ0) is 22.9. The van der Waals surface area contributed by atoms with Crippen LogP contribution in [0.15, 0.2) is 59.5 Å². The highest BCUT2D eigenvalue weighted by Crippen LogP contribution is 2.22. The Labute approximate surface area is 197 Å². The molecular formula is C25H27ClN6O. The van der Waals surface area contributed by atoms with E-state index in [-0.39, 0.29) is 5.56 Å². The van der Waals surface area contributed by atoms with Crippen molar-refractivity contribution in [2.45, 2.75) is 20.3 Å². The number of fused-ring (bicyclic) bond motifs is 1. The summed E-state index contributed by atoms with van der Waals surface area (Å²) in [6, 6.07) is 15.6. The molecule has 1 aliphatic rings. The van der Waals surface area contributed by atoms with Gasteiger partial charge in [-0.1, -0.05) is 25.4 Å². The third kappa shape index (κ3) is 4.03. The van der Waals surface area contributed by atoms with E-state index in [4.69, 9.17) is 16.6 Å². The summed E-state index contributed by atoms with van der Waals surface area (Å²) in [6.07, 6.45) is 2.22. The number of hydrogen-bond acceptors (Lipinski definition) is 5. The van der Waals surface area contributed by atoms with E-state index in [2.05, 4.69) is 34.0 Å². The molecule has 0 N–H and O–H groups in total. The van der Waals surface area contributed by atoms with Crippen molar-refractivity contribution in [3.05, 3.63) is 75.9 Å². The predicted octanol–water partition coefficient (Wildman–Crippen LogP) is 3.93. The summed E-state index contributed by atoms with van der Waals surface area (Å²) in [7, 11) is 0. The molecule has 1 aliphatic heterocycles. The highest BCUT2D eigenvalue weighted by molar-refractivity contribution is 6.30. The van der Waals surface area contributed by atoms with E-state index in [1.54, 1.807) is 27.6 Å². The van der Waals surface area contributed by atoms with Crippen LogP contribution in [0.3, 0.4) is 0 Å². The summed E-state index contributed by atoms with van der Waals surface area (Å²) >= 11 is 6.02. The van der Waals surface area contributed by atoms with Crippen LogP contribution >= 0.6 is 11.6 Å². The van der Waals surface area contributed by atoms with Crippen LogP contribution in [-0.4, -0.2) is 57.0 Å². The van der Waals surface area contributed by atoms with E-state index >= 15 is 0 Å². The lowest BCUT2D eigenvalue weighted by atomic mass is 10.2. The summed E-state index contributed by atoms with van der Waals surface area (Å²) < 4.78 is 3.39. The van der Waals surface area contributed by atoms with Gasteiger partial charge in [0.15, 0.2) is 5.65 Å². The maximum absolute atomic E-state index is 13.5. The highest BCUT2D eigenvalue weighted by Gasteiger charge is 2.18. The van der Waals surface area contributed by atoms with Gasteiger partial charge in [-0.15, -0.1) is 0 Å². The number of halogens is 1. The third-order valence-corrected chi connectivity index (χ3v) is 6.60. The molecule has 4 aromatic rings. The number of rotatable bonds is 5. The predicted molar refractivity (Wildman–Crippen MR) is 133 cm³/mol. The Balaban J connectivity index is 1.51. The van der Waals surface area contributed by atoms with E-state index in [1.165, 1.54) is 5.69 Å². The van der Waals surface area contributed by atoms with Gasteiger partial charge in [-0.25, -0.2) is 9.67 Å². The van der Waals surface area contributed by atoms with Crippen molar-refractivity contribution in [1.29, 1.82) is 0 Å². The lowest BCUT2D eigenvalue weighted by molar-refractivity contribution is 0.271. The van der Waals surface area contributed by atoms with Gasteiger partial charge < -0.3 is 9.80 Å². The minimum Gasteiger partial charge on any atom is -0.369 e. The maximum atomic E-state index is 13.5. The Bertz CT molecular complexity index is 1320. The third-order valence-electron chi connectivity index (χ3n) is 6.35. The fraction of sp³-hybridized carbons (Fsp3) is 0.320. The van der Waals surface area contributed by atoms with Crippen molar-refractivity contribution in [3.8, 4) is 11.4 Å². The molecule has 2 aromatic carbocycles. The minimum atomic E-state index is -0.110. The first-order valence-corrected chi connectivity index (χ1v) is 11.8. The van der Waals surface area contributed by atoms with E-state index in [0.717, 1.165) is 44.1 Å². The summed E-state index contributed by atoms with van der Waals surface area (Å²) in [5, 5.41) is 5.58. The molecule has 33 heavy (non-hydrogen) atoms. The molecule has 8 heteroatoms. The molecule has 0 bridgehead atoms. The Hall–Kier alpha value is -3.16. The molecule has 2 aromatic heterocycles. The number of anilines is 1. The van der Waals surface area contributed by atoms with Crippen LogP contribution in [0, 0.1) is 0 Å². The van der Waals surface area contributed by atoms with Gasteiger partial charge in [0.2, 0.25) is 0 Å². The van der Waals surface area contributed by atoms with Crippen LogP contribution in [0.2, 0.25) is 5.02 Å². The molecule has 0 atom stereocenters. The average Bonchev–Trinajstić information content (AvgIpc) is 3.29. The van der Waals surface area contributed by atoms with Crippen LogP contribution < -0.4 is 10.5 Å². The Morgan fingerprint density at radius 2 is 1.52 bits per heavy atom. The summed E-state index contributed by atoms with van der Waals surface area (Å²) in [6.45, 7) is 9.51. The van der Waals surface area contributed by atoms with Gasteiger partial charge in [0.1, 0.15) is 11.2 Å². The topological polar surface area (TPSA) is 59.2 Å². The molecule has 0 spiro atoms. The van der Waals surface area contributed by atoms with Crippen molar-refractivity contribution in [2.75, 3.05) is 37.6 Å². The number of benzene rings is 2. The van der Waals surface area contributed by atoms with Gasteiger partial charge in [0.05, 0.1) is 17.6 Å². The fourth-order valence-corrected chi connectivity index (χ4v) is 4.55. The molecule has 170 valence electrons. The van der Waals surface area contributed by atoms with Gasteiger partial charge in [0, 0.05) is 43.3 Å².